The number of nitrogens with one attached hydrogen (secondary N) is 1. The summed E-state index contributed by atoms with van der Waals surface area (Å²) in [7, 11) is 0. The maximum atomic E-state index is 12.6. The molecule has 15 heavy (non-hydrogen) atoms. The number of benzene rings is 1. The van der Waals surface area contributed by atoms with Gasteiger partial charge < -0.3 is 5.32 Å². The molecule has 0 radical (unpaired) electrons. The van der Waals surface area contributed by atoms with E-state index in [9.17, 15) is 9.18 Å². The van der Waals surface area contributed by atoms with Crippen molar-refractivity contribution in [1.29, 1.82) is 0 Å². The number of nitrogens with zero attached hydrogens (tertiary/aromatic N) is 1. The maximum Gasteiger partial charge on any atom is 0.198 e. The monoisotopic (exact) mass is 224 g/mol. The Kier molecular flexibility index (Phi) is 3.01. The lowest BCUT2D eigenvalue weighted by molar-refractivity contribution is -0.110. The van der Waals surface area contributed by atoms with Crippen LogP contribution in [0.3, 0.4) is 0 Å². The van der Waals surface area contributed by atoms with Gasteiger partial charge in [0.25, 0.3) is 0 Å². The van der Waals surface area contributed by atoms with Gasteiger partial charge in [-0.3, -0.25) is 9.79 Å². The molecule has 1 heterocycles. The zero-order valence-corrected chi connectivity index (χ0v) is 8.68. The van der Waals surface area contributed by atoms with Gasteiger partial charge in [-0.25, -0.2) is 4.39 Å². The second kappa shape index (κ2) is 4.44. The van der Waals surface area contributed by atoms with Gasteiger partial charge in [-0.2, -0.15) is 0 Å². The highest BCUT2D eigenvalue weighted by molar-refractivity contribution is 8.26. The lowest BCUT2D eigenvalue weighted by atomic mass is 10.3. The van der Waals surface area contributed by atoms with E-state index in [4.69, 9.17) is 0 Å². The van der Waals surface area contributed by atoms with Crippen molar-refractivity contribution >= 4 is 27.7 Å². The van der Waals surface area contributed by atoms with Gasteiger partial charge in [0.15, 0.2) is 10.3 Å². The fourth-order valence-corrected chi connectivity index (χ4v) is 1.90. The van der Waals surface area contributed by atoms with Crippen LogP contribution < -0.4 is 5.32 Å². The van der Waals surface area contributed by atoms with Crippen LogP contribution >= 0.6 is 11.8 Å². The van der Waals surface area contributed by atoms with Gasteiger partial charge in [-0.05, 0) is 36.0 Å². The minimum Gasteiger partial charge on any atom is -0.335 e. The lowest BCUT2D eigenvalue weighted by Crippen LogP contribution is -2.16. The van der Waals surface area contributed by atoms with E-state index < -0.39 is 0 Å². The highest BCUT2D eigenvalue weighted by atomic mass is 32.2. The van der Waals surface area contributed by atoms with Crippen LogP contribution in [0.2, 0.25) is 0 Å². The molecule has 0 fully saturated rings. The number of hydrogen-bond acceptors (Lipinski definition) is 4. The molecule has 2 rings (SSSR count). The third-order valence-electron chi connectivity index (χ3n) is 1.88. The predicted molar refractivity (Wildman–Crippen MR) is 59.5 cm³/mol. The number of halogens is 1. The van der Waals surface area contributed by atoms with Crippen molar-refractivity contribution in [3.8, 4) is 0 Å². The largest absolute Gasteiger partial charge is 0.335 e. The first-order valence-electron chi connectivity index (χ1n) is 4.52. The molecule has 0 saturated heterocycles. The molecule has 0 bridgehead atoms. The zero-order valence-electron chi connectivity index (χ0n) is 7.87. The van der Waals surface area contributed by atoms with E-state index in [0.717, 1.165) is 17.4 Å². The average molecular weight is 224 g/mol. The third-order valence-corrected chi connectivity index (χ3v) is 2.73. The highest BCUT2D eigenvalue weighted by Crippen LogP contribution is 2.17. The van der Waals surface area contributed by atoms with E-state index in [0.29, 0.717) is 18.1 Å². The molecule has 1 N–H and O–H groups in total. The van der Waals surface area contributed by atoms with Gasteiger partial charge in [0.2, 0.25) is 0 Å². The summed E-state index contributed by atoms with van der Waals surface area (Å²) in [6.07, 6.45) is 0.485. The molecule has 0 aromatic heterocycles. The smallest absolute Gasteiger partial charge is 0.198 e. The fourth-order valence-electron chi connectivity index (χ4n) is 1.16. The maximum absolute atomic E-state index is 12.6. The Morgan fingerprint density at radius 2 is 2.07 bits per heavy atom. The van der Waals surface area contributed by atoms with Crippen LogP contribution in [0.25, 0.3) is 0 Å². The Bertz CT molecular complexity index is 402. The van der Waals surface area contributed by atoms with Crippen molar-refractivity contribution < 1.29 is 9.18 Å². The van der Waals surface area contributed by atoms with Gasteiger partial charge in [-0.1, -0.05) is 0 Å². The van der Waals surface area contributed by atoms with Crippen LogP contribution in [0, 0.1) is 5.82 Å². The number of rotatable bonds is 1. The van der Waals surface area contributed by atoms with Crippen LogP contribution in [0.4, 0.5) is 10.1 Å². The molecule has 0 aliphatic carbocycles. The van der Waals surface area contributed by atoms with Crippen molar-refractivity contribution in [2.45, 2.75) is 6.42 Å². The van der Waals surface area contributed by atoms with Crippen LogP contribution in [0.15, 0.2) is 29.3 Å². The van der Waals surface area contributed by atoms with Gasteiger partial charge in [0.1, 0.15) is 5.82 Å². The SMILES string of the molecule is O=C1CCN=C(Nc2ccc(F)cc2)S1. The van der Waals surface area contributed by atoms with Crippen LogP contribution in [-0.2, 0) is 4.79 Å². The molecule has 1 aromatic carbocycles. The molecule has 0 amide bonds. The van der Waals surface area contributed by atoms with Crippen molar-refractivity contribution in [2.24, 2.45) is 4.99 Å². The number of carbonyl (C=O) groups is 1. The number of aliphatic imine (C=N–C) groups is 1. The molecular weight excluding hydrogens is 215 g/mol. The first-order chi connectivity index (χ1) is 7.24. The van der Waals surface area contributed by atoms with Crippen LogP contribution in [-0.4, -0.2) is 16.8 Å². The fraction of sp³-hybridized carbons (Fsp3) is 0.200. The van der Waals surface area contributed by atoms with Crippen molar-refractivity contribution in [1.82, 2.24) is 0 Å². The predicted octanol–water partition coefficient (Wildman–Crippen LogP) is 2.26. The average Bonchev–Trinajstić information content (AvgIpc) is 2.22. The van der Waals surface area contributed by atoms with Crippen molar-refractivity contribution in [2.75, 3.05) is 11.9 Å². The second-order valence-corrected chi connectivity index (χ2v) is 4.09. The second-order valence-electron chi connectivity index (χ2n) is 3.04. The van der Waals surface area contributed by atoms with E-state index in [1.807, 2.05) is 0 Å². The minimum absolute atomic E-state index is 0.106. The Morgan fingerprint density at radius 3 is 2.73 bits per heavy atom. The summed E-state index contributed by atoms with van der Waals surface area (Å²) < 4.78 is 12.6. The summed E-state index contributed by atoms with van der Waals surface area (Å²) in [4.78, 5) is 15.3. The Hall–Kier alpha value is -1.36. The summed E-state index contributed by atoms with van der Waals surface area (Å²) in [6, 6.07) is 5.94. The summed E-state index contributed by atoms with van der Waals surface area (Å²) in [5.41, 5.74) is 0.734. The van der Waals surface area contributed by atoms with E-state index in [1.54, 1.807) is 12.1 Å². The molecule has 1 aromatic rings. The Morgan fingerprint density at radius 1 is 1.33 bits per heavy atom. The van der Waals surface area contributed by atoms with E-state index in [2.05, 4.69) is 10.3 Å². The third kappa shape index (κ3) is 2.79. The summed E-state index contributed by atoms with van der Waals surface area (Å²) in [5.74, 6) is -0.283. The Labute approximate surface area is 90.8 Å². The van der Waals surface area contributed by atoms with E-state index in [-0.39, 0.29) is 10.9 Å². The normalized spacial score (nSPS) is 16.1. The lowest BCUT2D eigenvalue weighted by Gasteiger charge is -2.11. The van der Waals surface area contributed by atoms with E-state index >= 15 is 0 Å². The van der Waals surface area contributed by atoms with Gasteiger partial charge in [0.05, 0.1) is 0 Å². The number of thioether (sulfide) groups is 1. The first kappa shape index (κ1) is 10.2. The van der Waals surface area contributed by atoms with Crippen molar-refractivity contribution in [3.63, 3.8) is 0 Å². The van der Waals surface area contributed by atoms with Crippen LogP contribution in [0.1, 0.15) is 6.42 Å². The molecule has 0 atom stereocenters. The quantitative estimate of drug-likeness (QED) is 0.795. The molecule has 0 saturated carbocycles. The summed E-state index contributed by atoms with van der Waals surface area (Å²) in [5, 5.41) is 3.65. The van der Waals surface area contributed by atoms with Gasteiger partial charge >= 0.3 is 0 Å². The first-order valence-corrected chi connectivity index (χ1v) is 5.33. The van der Waals surface area contributed by atoms with Crippen molar-refractivity contribution in [3.05, 3.63) is 30.1 Å². The van der Waals surface area contributed by atoms with Gasteiger partial charge in [-0.15, -0.1) is 0 Å². The summed E-state index contributed by atoms with van der Waals surface area (Å²) >= 11 is 1.09. The number of anilines is 1. The zero-order chi connectivity index (χ0) is 10.7. The molecule has 1 aliphatic heterocycles. The Balaban J connectivity index is 2.05. The standard InChI is InChI=1S/C10H9FN2OS/c11-7-1-3-8(4-2-7)13-10-12-6-5-9(14)15-10/h1-4H,5-6H2,(H,12,13). The minimum atomic E-state index is -0.283. The molecule has 0 spiro atoms. The number of amidine groups is 1. The van der Waals surface area contributed by atoms with E-state index in [1.165, 1.54) is 12.1 Å². The molecular formula is C10H9FN2OS. The van der Waals surface area contributed by atoms with Crippen LogP contribution in [0.5, 0.6) is 0 Å². The number of carbonyl (C=O) groups excluding carboxylic acids is 1. The molecule has 5 heteroatoms. The molecule has 1 aliphatic rings. The topological polar surface area (TPSA) is 41.5 Å². The molecule has 0 unspecified atom stereocenters. The highest BCUT2D eigenvalue weighted by Gasteiger charge is 2.13. The van der Waals surface area contributed by atoms with Gasteiger partial charge in [0, 0.05) is 18.7 Å². The summed E-state index contributed by atoms with van der Waals surface area (Å²) in [6.45, 7) is 0.523. The number of hydrogen-bond donors (Lipinski definition) is 1. The molecule has 3 nitrogen and oxygen atoms in total. The molecule has 78 valence electrons.